The first-order valence-electron chi connectivity index (χ1n) is 11.3. The van der Waals surface area contributed by atoms with Crippen LogP contribution in [-0.4, -0.2) is 57.1 Å². The molecular formula is C23H34IN6O3PS. The summed E-state index contributed by atoms with van der Waals surface area (Å²) < 4.78 is 7.13. The zero-order chi connectivity index (χ0) is 25.8. The van der Waals surface area contributed by atoms with Gasteiger partial charge in [-0.15, -0.1) is 0 Å². The van der Waals surface area contributed by atoms with Gasteiger partial charge in [-0.1, -0.05) is 0 Å². The molecule has 1 aliphatic heterocycles. The van der Waals surface area contributed by atoms with Crippen molar-refractivity contribution in [3.8, 4) is 0 Å². The Morgan fingerprint density at radius 2 is 2.03 bits per heavy atom. The molecule has 2 heterocycles. The molecule has 0 saturated heterocycles. The van der Waals surface area contributed by atoms with Crippen LogP contribution in [0.25, 0.3) is 10.9 Å². The Morgan fingerprint density at radius 1 is 1.26 bits per heavy atom. The van der Waals surface area contributed by atoms with Gasteiger partial charge in [0, 0.05) is 30.3 Å². The summed E-state index contributed by atoms with van der Waals surface area (Å²) in [5.41, 5.74) is 3.57. The third-order valence-electron chi connectivity index (χ3n) is 4.50. The highest BCUT2D eigenvalue weighted by Crippen LogP contribution is 2.32. The van der Waals surface area contributed by atoms with Gasteiger partial charge in [-0.25, -0.2) is 9.25 Å². The Kier molecular flexibility index (Phi) is 12.4. The van der Waals surface area contributed by atoms with Gasteiger partial charge in [0.15, 0.2) is 0 Å². The Bertz CT molecular complexity index is 1070. The van der Waals surface area contributed by atoms with Crippen molar-refractivity contribution in [3.05, 3.63) is 23.9 Å². The average Bonchev–Trinajstić information content (AvgIpc) is 3.41. The molecule has 0 fully saturated rings. The van der Waals surface area contributed by atoms with Crippen molar-refractivity contribution >= 4 is 80.7 Å². The number of rotatable bonds is 9. The number of benzene rings is 1. The smallest absolute Gasteiger partial charge is 0.407 e. The van der Waals surface area contributed by atoms with Crippen LogP contribution in [0.15, 0.2) is 28.5 Å². The van der Waals surface area contributed by atoms with Crippen LogP contribution in [0.1, 0.15) is 52.5 Å². The van der Waals surface area contributed by atoms with Crippen molar-refractivity contribution in [3.63, 3.8) is 0 Å². The van der Waals surface area contributed by atoms with Crippen molar-refractivity contribution in [1.82, 2.24) is 14.9 Å². The van der Waals surface area contributed by atoms with Crippen molar-refractivity contribution < 1.29 is 14.3 Å². The number of carbonyl (C=O) groups is 2. The molecule has 1 unspecified atom stereocenters. The SMILES string of the molecule is CC1=NN=CC1.Cc1cc(NC(=O)CSCCCCNC(=O)OC(C)(C)C)c2cnn(PI)c2c1. The van der Waals surface area contributed by atoms with E-state index in [1.807, 2.05) is 45.1 Å². The first-order chi connectivity index (χ1) is 16.6. The summed E-state index contributed by atoms with van der Waals surface area (Å²) in [7, 11) is 0. The maximum absolute atomic E-state index is 12.3. The van der Waals surface area contributed by atoms with E-state index < -0.39 is 5.60 Å². The lowest BCUT2D eigenvalue weighted by Gasteiger charge is -2.19. The molecule has 1 aromatic heterocycles. The number of aryl methyl sites for hydroxylation is 1. The minimum Gasteiger partial charge on any atom is -0.444 e. The molecule has 0 radical (unpaired) electrons. The second kappa shape index (κ2) is 14.7. The van der Waals surface area contributed by atoms with Crippen LogP contribution in [0.4, 0.5) is 10.5 Å². The standard InChI is InChI=1S/C19H28IN4O3PS.C4H6N2/c1-13-9-15(14-11-22-24(28-20)16(14)10-13)23-17(25)12-29-8-6-5-7-21-18(26)27-19(2,3)4;1-4-2-3-5-6-4/h9-11,28H,5-8,12H2,1-4H3,(H,21,26)(H,23,25);3H,2H2,1H3. The number of amides is 2. The number of hydrogen-bond acceptors (Lipinski definition) is 7. The van der Waals surface area contributed by atoms with E-state index in [-0.39, 0.29) is 12.0 Å². The molecule has 0 bridgehead atoms. The minimum absolute atomic E-state index is 0.0153. The molecule has 0 spiro atoms. The molecular weight excluding hydrogens is 598 g/mol. The number of halogens is 1. The van der Waals surface area contributed by atoms with Gasteiger partial charge in [0.05, 0.1) is 29.5 Å². The van der Waals surface area contributed by atoms with E-state index in [0.29, 0.717) is 18.7 Å². The highest BCUT2D eigenvalue weighted by atomic mass is 127. The summed E-state index contributed by atoms with van der Waals surface area (Å²) >= 11 is 3.89. The number of thioether (sulfide) groups is 1. The molecule has 35 heavy (non-hydrogen) atoms. The van der Waals surface area contributed by atoms with E-state index in [2.05, 4.69) is 54.0 Å². The Balaban J connectivity index is 0.000000625. The van der Waals surface area contributed by atoms with Crippen LogP contribution in [-0.2, 0) is 9.53 Å². The van der Waals surface area contributed by atoms with Crippen LogP contribution in [0.3, 0.4) is 0 Å². The van der Waals surface area contributed by atoms with Gasteiger partial charge < -0.3 is 15.4 Å². The van der Waals surface area contributed by atoms with Gasteiger partial charge in [-0.05, 0) is 93.0 Å². The molecule has 12 heteroatoms. The van der Waals surface area contributed by atoms with Crippen LogP contribution >= 0.6 is 40.2 Å². The number of ether oxygens (including phenoxy) is 1. The minimum atomic E-state index is -0.481. The van der Waals surface area contributed by atoms with Crippen molar-refractivity contribution in [2.75, 3.05) is 23.4 Å². The first-order valence-corrected chi connectivity index (χ1v) is 16.5. The monoisotopic (exact) mass is 632 g/mol. The largest absolute Gasteiger partial charge is 0.444 e. The number of alkyl carbamates (subject to hydrolysis) is 1. The molecule has 3 rings (SSSR count). The van der Waals surface area contributed by atoms with Gasteiger partial charge in [-0.2, -0.15) is 27.1 Å². The molecule has 2 amide bonds. The second-order valence-electron chi connectivity index (χ2n) is 8.96. The second-order valence-corrected chi connectivity index (χ2v) is 12.1. The van der Waals surface area contributed by atoms with E-state index in [9.17, 15) is 9.59 Å². The van der Waals surface area contributed by atoms with Gasteiger partial charge >= 0.3 is 6.09 Å². The number of aromatic nitrogens is 2. The fourth-order valence-electron chi connectivity index (χ4n) is 2.98. The summed E-state index contributed by atoms with van der Waals surface area (Å²) in [6.45, 7) is 10.1. The number of carbonyl (C=O) groups excluding carboxylic acids is 2. The Morgan fingerprint density at radius 3 is 2.63 bits per heavy atom. The summed E-state index contributed by atoms with van der Waals surface area (Å²) in [5, 5.41) is 18.5. The van der Waals surface area contributed by atoms with Gasteiger partial charge in [0.25, 0.3) is 0 Å². The first kappa shape index (κ1) is 29.5. The van der Waals surface area contributed by atoms with E-state index in [1.54, 1.807) is 24.2 Å². The van der Waals surface area contributed by atoms with E-state index in [0.717, 1.165) is 52.9 Å². The third-order valence-corrected chi connectivity index (χ3v) is 7.43. The summed E-state index contributed by atoms with van der Waals surface area (Å²) in [4.78, 5) is 23.9. The number of unbranched alkanes of at least 4 members (excludes halogenated alkanes) is 1. The zero-order valence-corrected chi connectivity index (χ0v) is 24.8. The summed E-state index contributed by atoms with van der Waals surface area (Å²) in [6.07, 6.45) is 6.45. The molecule has 1 aliphatic rings. The van der Waals surface area contributed by atoms with Crippen LogP contribution in [0.5, 0.6) is 0 Å². The van der Waals surface area contributed by atoms with E-state index >= 15 is 0 Å². The van der Waals surface area contributed by atoms with Crippen molar-refractivity contribution in [2.45, 2.75) is 59.5 Å². The lowest BCUT2D eigenvalue weighted by atomic mass is 10.1. The normalized spacial score (nSPS) is 13.0. The lowest BCUT2D eigenvalue weighted by Crippen LogP contribution is -2.33. The molecule has 1 atom stereocenters. The predicted molar refractivity (Wildman–Crippen MR) is 158 cm³/mol. The highest BCUT2D eigenvalue weighted by molar-refractivity contribution is 14.2. The molecule has 0 saturated carbocycles. The third kappa shape index (κ3) is 11.3. The number of fused-ring (bicyclic) bond motifs is 1. The topological polar surface area (TPSA) is 110 Å². The number of hydrogen-bond donors (Lipinski definition) is 2. The van der Waals surface area contributed by atoms with Gasteiger partial charge in [-0.3, -0.25) is 4.79 Å². The molecule has 0 aliphatic carbocycles. The zero-order valence-electron chi connectivity index (χ0n) is 20.9. The summed E-state index contributed by atoms with van der Waals surface area (Å²) in [6, 6.07) is 4.07. The van der Waals surface area contributed by atoms with Crippen molar-refractivity contribution in [1.29, 1.82) is 0 Å². The maximum Gasteiger partial charge on any atom is 0.407 e. The molecule has 2 N–H and O–H groups in total. The molecule has 2 aromatic rings. The Labute approximate surface area is 226 Å². The van der Waals surface area contributed by atoms with E-state index in [1.165, 1.54) is 0 Å². The predicted octanol–water partition coefficient (Wildman–Crippen LogP) is 5.95. The maximum atomic E-state index is 12.3. The lowest BCUT2D eigenvalue weighted by molar-refractivity contribution is -0.113. The molecule has 9 nitrogen and oxygen atoms in total. The van der Waals surface area contributed by atoms with Gasteiger partial charge in [0.1, 0.15) is 5.60 Å². The van der Waals surface area contributed by atoms with E-state index in [4.69, 9.17) is 4.74 Å². The Hall–Kier alpha value is -1.72. The van der Waals surface area contributed by atoms with Crippen LogP contribution in [0, 0.1) is 6.92 Å². The van der Waals surface area contributed by atoms with Crippen LogP contribution in [0.2, 0.25) is 0 Å². The number of nitrogens with zero attached hydrogens (tertiary/aromatic N) is 4. The van der Waals surface area contributed by atoms with Gasteiger partial charge in [0.2, 0.25) is 5.91 Å². The number of nitrogens with one attached hydrogen (secondary N) is 2. The summed E-state index contributed by atoms with van der Waals surface area (Å²) in [5.74, 6) is 1.25. The van der Waals surface area contributed by atoms with Crippen molar-refractivity contribution in [2.24, 2.45) is 10.2 Å². The fraction of sp³-hybridized carbons (Fsp3) is 0.522. The fourth-order valence-corrected chi connectivity index (χ4v) is 5.32. The average molecular weight is 633 g/mol. The molecule has 192 valence electrons. The molecule has 1 aromatic carbocycles. The highest BCUT2D eigenvalue weighted by Gasteiger charge is 2.15. The van der Waals surface area contributed by atoms with Crippen LogP contribution < -0.4 is 10.6 Å². The number of anilines is 1. The quantitative estimate of drug-likeness (QED) is 0.202.